The van der Waals surface area contributed by atoms with E-state index in [1.165, 1.54) is 0 Å². The predicted octanol–water partition coefficient (Wildman–Crippen LogP) is 5.12. The zero-order valence-corrected chi connectivity index (χ0v) is 20.8. The van der Waals surface area contributed by atoms with Crippen molar-refractivity contribution in [3.63, 3.8) is 0 Å². The molecule has 0 fully saturated rings. The molecule has 1 N–H and O–H groups in total. The Hall–Kier alpha value is -0.603. The molecule has 0 aliphatic rings. The third kappa shape index (κ3) is 16.8. The van der Waals surface area contributed by atoms with Gasteiger partial charge in [0.2, 0.25) is 0 Å². The van der Waals surface area contributed by atoms with E-state index < -0.39 is 14.4 Å². The number of carbonyl (C=O) groups excluding carboxylic acids is 1. The van der Waals surface area contributed by atoms with Crippen molar-refractivity contribution < 1.29 is 23.4 Å². The van der Waals surface area contributed by atoms with Crippen LogP contribution in [0.1, 0.15) is 46.5 Å². The highest BCUT2D eigenvalue weighted by Gasteiger charge is 2.36. The molecule has 29 heavy (non-hydrogen) atoms. The molecular formula is C21H42ClNO5Si. The molecule has 0 aromatic rings. The number of rotatable bonds is 17. The number of hydrogen-bond acceptors (Lipinski definition) is 5. The van der Waals surface area contributed by atoms with Crippen LogP contribution in [0.2, 0.25) is 18.1 Å². The van der Waals surface area contributed by atoms with Crippen molar-refractivity contribution in [2.24, 2.45) is 0 Å². The number of unbranched alkanes of at least 4 members (excludes halogenated alkanes) is 3. The van der Waals surface area contributed by atoms with Gasteiger partial charge in [-0.15, -0.1) is 11.6 Å². The first kappa shape index (κ1) is 28.4. The van der Waals surface area contributed by atoms with Crippen molar-refractivity contribution in [2.75, 3.05) is 52.1 Å². The second-order valence-electron chi connectivity index (χ2n) is 8.40. The van der Waals surface area contributed by atoms with E-state index in [1.54, 1.807) is 6.08 Å². The highest BCUT2D eigenvalue weighted by molar-refractivity contribution is 6.74. The lowest BCUT2D eigenvalue weighted by Gasteiger charge is -2.35. The Kier molecular flexibility index (Phi) is 16.8. The fraction of sp³-hybridized carbons (Fsp3) is 0.857. The van der Waals surface area contributed by atoms with Crippen molar-refractivity contribution in [2.45, 2.75) is 64.6 Å². The standard InChI is InChI=1S/C21H42ClNO5Si/c1-21(2,3)29(4,5)28-16-11-10-15-27-20(24)23-13-17-26-19-18-25-14-9-7-6-8-12-22/h10-11H,6-9,12-19H2,1-5H3,(H,23,24)/b11-10-. The van der Waals surface area contributed by atoms with Gasteiger partial charge in [-0.25, -0.2) is 4.79 Å². The average Bonchev–Trinajstić information content (AvgIpc) is 2.64. The Labute approximate surface area is 183 Å². The first-order chi connectivity index (χ1) is 13.7. The van der Waals surface area contributed by atoms with E-state index >= 15 is 0 Å². The van der Waals surface area contributed by atoms with E-state index in [0.717, 1.165) is 38.2 Å². The molecule has 6 nitrogen and oxygen atoms in total. The number of ether oxygens (including phenoxy) is 3. The van der Waals surface area contributed by atoms with Crippen LogP contribution >= 0.6 is 11.6 Å². The number of alkyl halides is 1. The number of halogens is 1. The lowest BCUT2D eigenvalue weighted by atomic mass is 10.2. The van der Waals surface area contributed by atoms with Gasteiger partial charge in [-0.3, -0.25) is 0 Å². The van der Waals surface area contributed by atoms with Crippen LogP contribution < -0.4 is 5.32 Å². The van der Waals surface area contributed by atoms with Crippen LogP contribution in [0.15, 0.2) is 12.2 Å². The second kappa shape index (κ2) is 17.1. The summed E-state index contributed by atoms with van der Waals surface area (Å²) >= 11 is 5.62. The first-order valence-corrected chi connectivity index (χ1v) is 14.1. The molecule has 0 unspecified atom stereocenters. The van der Waals surface area contributed by atoms with Gasteiger partial charge in [0.1, 0.15) is 6.61 Å². The summed E-state index contributed by atoms with van der Waals surface area (Å²) < 4.78 is 22.0. The Morgan fingerprint density at radius 2 is 1.55 bits per heavy atom. The molecule has 172 valence electrons. The van der Waals surface area contributed by atoms with Gasteiger partial charge in [0, 0.05) is 19.0 Å². The highest BCUT2D eigenvalue weighted by atomic mass is 35.5. The topological polar surface area (TPSA) is 66.0 Å². The molecule has 0 radical (unpaired) electrons. The molecule has 0 heterocycles. The summed E-state index contributed by atoms with van der Waals surface area (Å²) in [6.07, 6.45) is 7.69. The van der Waals surface area contributed by atoms with E-state index in [0.29, 0.717) is 33.0 Å². The molecule has 0 aromatic heterocycles. The summed E-state index contributed by atoms with van der Waals surface area (Å²) in [4.78, 5) is 11.6. The number of hydrogen-bond donors (Lipinski definition) is 1. The molecule has 0 aliphatic carbocycles. The van der Waals surface area contributed by atoms with Crippen molar-refractivity contribution >= 4 is 26.0 Å². The summed E-state index contributed by atoms with van der Waals surface area (Å²) in [5.41, 5.74) is 0. The number of alkyl carbamates (subject to hydrolysis) is 1. The fourth-order valence-corrected chi connectivity index (χ4v) is 3.12. The van der Waals surface area contributed by atoms with Gasteiger partial charge in [-0.1, -0.05) is 39.7 Å². The van der Waals surface area contributed by atoms with Crippen LogP contribution in [-0.4, -0.2) is 66.5 Å². The van der Waals surface area contributed by atoms with Crippen LogP contribution in [-0.2, 0) is 18.6 Å². The number of amides is 1. The molecule has 0 aromatic carbocycles. The normalized spacial score (nSPS) is 12.5. The number of nitrogens with one attached hydrogen (secondary N) is 1. The minimum atomic E-state index is -1.73. The zero-order valence-electron chi connectivity index (χ0n) is 19.1. The van der Waals surface area contributed by atoms with Gasteiger partial charge in [-0.05, 0) is 37.0 Å². The van der Waals surface area contributed by atoms with Gasteiger partial charge in [0.25, 0.3) is 0 Å². The molecule has 0 bridgehead atoms. The minimum Gasteiger partial charge on any atom is -0.445 e. The minimum absolute atomic E-state index is 0.190. The molecule has 0 spiro atoms. The smallest absolute Gasteiger partial charge is 0.407 e. The lowest BCUT2D eigenvalue weighted by Crippen LogP contribution is -2.40. The molecule has 8 heteroatoms. The van der Waals surface area contributed by atoms with Gasteiger partial charge in [0.15, 0.2) is 8.32 Å². The van der Waals surface area contributed by atoms with Crippen LogP contribution in [0.5, 0.6) is 0 Å². The Morgan fingerprint density at radius 1 is 0.931 bits per heavy atom. The quantitative estimate of drug-likeness (QED) is 0.144. The highest BCUT2D eigenvalue weighted by Crippen LogP contribution is 2.36. The van der Waals surface area contributed by atoms with Gasteiger partial charge < -0.3 is 24.0 Å². The van der Waals surface area contributed by atoms with Crippen LogP contribution in [0.4, 0.5) is 4.79 Å². The largest absolute Gasteiger partial charge is 0.445 e. The Balaban J connectivity index is 3.46. The van der Waals surface area contributed by atoms with E-state index in [9.17, 15) is 4.79 Å². The first-order valence-electron chi connectivity index (χ1n) is 10.6. The molecular weight excluding hydrogens is 410 g/mol. The number of carbonyl (C=O) groups is 1. The molecule has 0 aliphatic heterocycles. The van der Waals surface area contributed by atoms with Crippen LogP contribution in [0.25, 0.3) is 0 Å². The fourth-order valence-electron chi connectivity index (χ4n) is 1.98. The van der Waals surface area contributed by atoms with Crippen molar-refractivity contribution in [3.8, 4) is 0 Å². The van der Waals surface area contributed by atoms with Gasteiger partial charge >= 0.3 is 6.09 Å². The summed E-state index contributed by atoms with van der Waals surface area (Å²) in [5.74, 6) is 0.735. The third-order valence-electron chi connectivity index (χ3n) is 4.88. The van der Waals surface area contributed by atoms with Crippen molar-refractivity contribution in [3.05, 3.63) is 12.2 Å². The maximum Gasteiger partial charge on any atom is 0.407 e. The second-order valence-corrected chi connectivity index (χ2v) is 13.6. The van der Waals surface area contributed by atoms with E-state index in [2.05, 4.69) is 39.2 Å². The van der Waals surface area contributed by atoms with Crippen molar-refractivity contribution in [1.82, 2.24) is 5.32 Å². The van der Waals surface area contributed by atoms with Crippen LogP contribution in [0.3, 0.4) is 0 Å². The Bertz CT molecular complexity index is 441. The average molecular weight is 452 g/mol. The van der Waals surface area contributed by atoms with E-state index in [4.69, 9.17) is 30.2 Å². The molecule has 0 rings (SSSR count). The van der Waals surface area contributed by atoms with Crippen molar-refractivity contribution in [1.29, 1.82) is 0 Å². The predicted molar refractivity (Wildman–Crippen MR) is 122 cm³/mol. The monoisotopic (exact) mass is 451 g/mol. The maximum atomic E-state index is 11.6. The van der Waals surface area contributed by atoms with Gasteiger partial charge in [-0.2, -0.15) is 0 Å². The SMILES string of the molecule is CC(C)(C)[Si](C)(C)OC/C=C\COC(=O)NCCOCCOCCCCCCCl. The summed E-state index contributed by atoms with van der Waals surface area (Å²) in [6, 6.07) is 0. The zero-order chi connectivity index (χ0) is 22.0. The maximum absolute atomic E-state index is 11.6. The summed E-state index contributed by atoms with van der Waals surface area (Å²) in [5, 5.41) is 2.84. The summed E-state index contributed by atoms with van der Waals surface area (Å²) in [7, 11) is -1.73. The summed E-state index contributed by atoms with van der Waals surface area (Å²) in [6.45, 7) is 14.5. The molecule has 1 amide bonds. The third-order valence-corrected chi connectivity index (χ3v) is 9.65. The lowest BCUT2D eigenvalue weighted by molar-refractivity contribution is 0.0470. The van der Waals surface area contributed by atoms with E-state index in [-0.39, 0.29) is 11.6 Å². The molecule has 0 atom stereocenters. The van der Waals surface area contributed by atoms with E-state index in [1.807, 2.05) is 6.08 Å². The van der Waals surface area contributed by atoms with Crippen LogP contribution in [0, 0.1) is 0 Å². The van der Waals surface area contributed by atoms with Gasteiger partial charge in [0.05, 0.1) is 26.4 Å². The molecule has 0 saturated heterocycles. The molecule has 0 saturated carbocycles. The Morgan fingerprint density at radius 3 is 2.21 bits per heavy atom.